The van der Waals surface area contributed by atoms with Crippen molar-refractivity contribution in [2.75, 3.05) is 40.9 Å². The smallest absolute Gasteiger partial charge is 0.415 e. The van der Waals surface area contributed by atoms with Gasteiger partial charge in [-0.3, -0.25) is 9.69 Å². The Kier molecular flexibility index (Phi) is 4.29. The lowest BCUT2D eigenvalue weighted by Gasteiger charge is -2.29. The highest BCUT2D eigenvalue weighted by Crippen LogP contribution is 2.32. The summed E-state index contributed by atoms with van der Waals surface area (Å²) in [7, 11) is 0. The van der Waals surface area contributed by atoms with Crippen molar-refractivity contribution in [3.05, 3.63) is 23.8 Å². The lowest BCUT2D eigenvalue weighted by molar-refractivity contribution is -0.124. The number of nitrogens with two attached hydrogens (primary N) is 1. The second-order valence-corrected chi connectivity index (χ2v) is 6.47. The number of ether oxygens (including phenoxy) is 1. The summed E-state index contributed by atoms with van der Waals surface area (Å²) in [6.45, 7) is 0.966. The second-order valence-electron chi connectivity index (χ2n) is 5.24. The fourth-order valence-electron chi connectivity index (χ4n) is 2.62. The van der Waals surface area contributed by atoms with E-state index in [0.717, 1.165) is 28.5 Å². The maximum absolute atomic E-state index is 14.4. The summed E-state index contributed by atoms with van der Waals surface area (Å²) < 4.78 is 33.5. The molecule has 0 bridgehead atoms. The van der Waals surface area contributed by atoms with Crippen LogP contribution in [0.4, 0.5) is 25.0 Å². The maximum atomic E-state index is 14.4. The minimum Gasteiger partial charge on any atom is -0.434 e. The second kappa shape index (κ2) is 6.23. The average molecular weight is 343 g/mol. The number of nitrogens with zero attached hydrogens (tertiary/aromatic N) is 2. The largest absolute Gasteiger partial charge is 0.434 e. The molecule has 1 aromatic rings. The molecule has 6 nitrogen and oxygen atoms in total. The molecule has 124 valence electrons. The molecule has 9 heteroatoms. The van der Waals surface area contributed by atoms with E-state index in [0.29, 0.717) is 13.1 Å². The summed E-state index contributed by atoms with van der Waals surface area (Å²) in [6.07, 6.45) is -1.97. The highest BCUT2D eigenvalue weighted by molar-refractivity contribution is 7.99. The van der Waals surface area contributed by atoms with Crippen molar-refractivity contribution in [2.24, 2.45) is 5.73 Å². The molecule has 2 saturated heterocycles. The minimum absolute atomic E-state index is 0.00360. The van der Waals surface area contributed by atoms with E-state index in [4.69, 9.17) is 10.5 Å². The van der Waals surface area contributed by atoms with Crippen LogP contribution in [0.1, 0.15) is 0 Å². The van der Waals surface area contributed by atoms with Crippen molar-refractivity contribution < 1.29 is 23.1 Å². The molecule has 2 heterocycles. The van der Waals surface area contributed by atoms with Gasteiger partial charge in [0.05, 0.1) is 12.2 Å². The van der Waals surface area contributed by atoms with Gasteiger partial charge in [0.1, 0.15) is 5.69 Å². The van der Waals surface area contributed by atoms with Crippen LogP contribution in [0.3, 0.4) is 0 Å². The van der Waals surface area contributed by atoms with Crippen LogP contribution in [-0.2, 0) is 9.53 Å². The number of amides is 2. The molecule has 0 saturated carbocycles. The van der Waals surface area contributed by atoms with E-state index in [2.05, 4.69) is 0 Å². The number of carbonyl (C=O) groups excluding carboxylic acids is 2. The topological polar surface area (TPSA) is 75.9 Å². The Hall–Kier alpha value is -2.03. The first-order valence-electron chi connectivity index (χ1n) is 7.06. The number of halogens is 2. The number of hydrogen-bond acceptors (Lipinski definition) is 5. The molecule has 0 spiro atoms. The van der Waals surface area contributed by atoms with Crippen LogP contribution in [0.25, 0.3) is 0 Å². The van der Waals surface area contributed by atoms with Crippen molar-refractivity contribution in [3.8, 4) is 0 Å². The number of anilines is 2. The fraction of sp³-hybridized carbons (Fsp3) is 0.429. The van der Waals surface area contributed by atoms with Gasteiger partial charge < -0.3 is 15.4 Å². The molecule has 1 atom stereocenters. The molecule has 0 aliphatic carbocycles. The van der Waals surface area contributed by atoms with Gasteiger partial charge in [-0.05, 0) is 0 Å². The summed E-state index contributed by atoms with van der Waals surface area (Å²) in [5.41, 5.74) is 5.00. The Bertz CT molecular complexity index is 629. The van der Waals surface area contributed by atoms with E-state index in [-0.39, 0.29) is 17.9 Å². The predicted octanol–water partition coefficient (Wildman–Crippen LogP) is 1.33. The van der Waals surface area contributed by atoms with E-state index >= 15 is 0 Å². The molecular formula is C14H15F2N3O3S. The Morgan fingerprint density at radius 2 is 1.87 bits per heavy atom. The monoisotopic (exact) mass is 343 g/mol. The molecule has 0 radical (unpaired) electrons. The Morgan fingerprint density at radius 1 is 1.26 bits per heavy atom. The third kappa shape index (κ3) is 3.05. The first-order valence-corrected chi connectivity index (χ1v) is 8.22. The normalized spacial score (nSPS) is 21.5. The lowest BCUT2D eigenvalue weighted by Crippen LogP contribution is -2.34. The first-order chi connectivity index (χ1) is 11.0. The molecule has 0 aromatic heterocycles. The van der Waals surface area contributed by atoms with Crippen LogP contribution < -0.4 is 15.5 Å². The summed E-state index contributed by atoms with van der Waals surface area (Å²) >= 11 is 1.73. The standard InChI is InChI=1S/C14H15F2N3O3S/c15-9-5-8(19-7-11(13(17)20)22-14(19)21)6-10(16)12(9)18-1-3-23-4-2-18/h5-6,11H,1-4,7H2,(H2,17,20)/t11-/m1/s1. The summed E-state index contributed by atoms with van der Waals surface area (Å²) in [5.74, 6) is -0.688. The zero-order valence-electron chi connectivity index (χ0n) is 12.1. The van der Waals surface area contributed by atoms with E-state index in [1.54, 1.807) is 16.7 Å². The van der Waals surface area contributed by atoms with E-state index in [9.17, 15) is 18.4 Å². The van der Waals surface area contributed by atoms with E-state index in [1.807, 2.05) is 0 Å². The number of carbonyl (C=O) groups is 2. The van der Waals surface area contributed by atoms with Gasteiger partial charge in [0.2, 0.25) is 0 Å². The van der Waals surface area contributed by atoms with Crippen molar-refractivity contribution >= 4 is 35.1 Å². The van der Waals surface area contributed by atoms with Crippen LogP contribution >= 0.6 is 11.8 Å². The predicted molar refractivity (Wildman–Crippen MR) is 82.7 cm³/mol. The zero-order chi connectivity index (χ0) is 16.6. The molecule has 2 fully saturated rings. The number of cyclic esters (lactones) is 1. The summed E-state index contributed by atoms with van der Waals surface area (Å²) in [6, 6.07) is 2.15. The van der Waals surface area contributed by atoms with Crippen molar-refractivity contribution in [2.45, 2.75) is 6.10 Å². The summed E-state index contributed by atoms with van der Waals surface area (Å²) in [5, 5.41) is 0. The number of hydrogen-bond donors (Lipinski definition) is 1. The number of thioether (sulfide) groups is 1. The quantitative estimate of drug-likeness (QED) is 0.896. The van der Waals surface area contributed by atoms with Gasteiger partial charge in [-0.1, -0.05) is 0 Å². The molecular weight excluding hydrogens is 328 g/mol. The lowest BCUT2D eigenvalue weighted by atomic mass is 10.2. The molecule has 23 heavy (non-hydrogen) atoms. The molecule has 0 unspecified atom stereocenters. The van der Waals surface area contributed by atoms with Crippen LogP contribution in [-0.4, -0.2) is 49.2 Å². The van der Waals surface area contributed by atoms with Crippen molar-refractivity contribution in [3.63, 3.8) is 0 Å². The van der Waals surface area contributed by atoms with Crippen LogP contribution in [0, 0.1) is 11.6 Å². The molecule has 1 aromatic carbocycles. The van der Waals surface area contributed by atoms with Gasteiger partial charge in [-0.25, -0.2) is 13.6 Å². The molecule has 2 N–H and O–H groups in total. The summed E-state index contributed by atoms with van der Waals surface area (Å²) in [4.78, 5) is 25.5. The Balaban J connectivity index is 1.88. The number of primary amides is 1. The number of rotatable bonds is 3. The first kappa shape index (κ1) is 15.9. The van der Waals surface area contributed by atoms with Crippen LogP contribution in [0.15, 0.2) is 12.1 Å². The highest BCUT2D eigenvalue weighted by atomic mass is 32.2. The van der Waals surface area contributed by atoms with E-state index in [1.165, 1.54) is 0 Å². The fourth-order valence-corrected chi connectivity index (χ4v) is 3.52. The van der Waals surface area contributed by atoms with E-state index < -0.39 is 29.7 Å². The molecule has 3 rings (SSSR count). The third-order valence-corrected chi connectivity index (χ3v) is 4.71. The minimum atomic E-state index is -1.12. The van der Waals surface area contributed by atoms with Gasteiger partial charge in [0.15, 0.2) is 17.7 Å². The van der Waals surface area contributed by atoms with Gasteiger partial charge in [-0.15, -0.1) is 0 Å². The van der Waals surface area contributed by atoms with Crippen LogP contribution in [0.2, 0.25) is 0 Å². The van der Waals surface area contributed by atoms with Gasteiger partial charge in [-0.2, -0.15) is 11.8 Å². The molecule has 2 aliphatic rings. The van der Waals surface area contributed by atoms with Crippen molar-refractivity contribution in [1.82, 2.24) is 0 Å². The highest BCUT2D eigenvalue weighted by Gasteiger charge is 2.36. The van der Waals surface area contributed by atoms with Crippen LogP contribution in [0.5, 0.6) is 0 Å². The average Bonchev–Trinajstić information content (AvgIpc) is 2.90. The SMILES string of the molecule is NC(=O)[C@H]1CN(c2cc(F)c(N3CCSCC3)c(F)c2)C(=O)O1. The Morgan fingerprint density at radius 3 is 2.39 bits per heavy atom. The van der Waals surface area contributed by atoms with Gasteiger partial charge in [0, 0.05) is 36.7 Å². The third-order valence-electron chi connectivity index (χ3n) is 3.77. The molecule has 2 aliphatic heterocycles. The maximum Gasteiger partial charge on any atom is 0.415 e. The zero-order valence-corrected chi connectivity index (χ0v) is 12.9. The Labute approximate surface area is 135 Å². The number of benzene rings is 1. The molecule has 2 amide bonds. The van der Waals surface area contributed by atoms with Gasteiger partial charge in [0.25, 0.3) is 5.91 Å². The van der Waals surface area contributed by atoms with Crippen molar-refractivity contribution in [1.29, 1.82) is 0 Å². The van der Waals surface area contributed by atoms with Gasteiger partial charge >= 0.3 is 6.09 Å².